The molecule has 1 heterocycles. The SMILES string of the molecule is COC(=O)c1c(C)[nH]c(C)c1CC(NC(=O)OCC1c2ccccc2-c2ccccc21)C(=O)O. The molecule has 1 amide bonds. The number of carbonyl (C=O) groups is 3. The van der Waals surface area contributed by atoms with E-state index in [1.807, 2.05) is 48.5 Å². The molecule has 0 saturated carbocycles. The number of nitrogens with one attached hydrogen (secondary N) is 2. The van der Waals surface area contributed by atoms with E-state index in [1.165, 1.54) is 7.11 Å². The van der Waals surface area contributed by atoms with Gasteiger partial charge in [0.1, 0.15) is 12.6 Å². The summed E-state index contributed by atoms with van der Waals surface area (Å²) in [6, 6.07) is 14.6. The first-order valence-electron chi connectivity index (χ1n) is 10.9. The number of carboxylic acid groups (broad SMARTS) is 1. The molecule has 0 saturated heterocycles. The number of carboxylic acids is 1. The van der Waals surface area contributed by atoms with Crippen molar-refractivity contribution < 1.29 is 29.0 Å². The van der Waals surface area contributed by atoms with Crippen LogP contribution in [-0.2, 0) is 20.7 Å². The Bertz CT molecular complexity index is 1220. The van der Waals surface area contributed by atoms with Gasteiger partial charge in [-0.1, -0.05) is 48.5 Å². The van der Waals surface area contributed by atoms with Crippen molar-refractivity contribution in [1.29, 1.82) is 0 Å². The molecule has 4 rings (SSSR count). The van der Waals surface area contributed by atoms with Gasteiger partial charge in [0.25, 0.3) is 0 Å². The monoisotopic (exact) mass is 462 g/mol. The second-order valence-corrected chi connectivity index (χ2v) is 8.28. The molecule has 2 aromatic carbocycles. The summed E-state index contributed by atoms with van der Waals surface area (Å²) in [5.41, 5.74) is 6.30. The van der Waals surface area contributed by atoms with E-state index in [0.29, 0.717) is 17.0 Å². The van der Waals surface area contributed by atoms with E-state index in [9.17, 15) is 19.5 Å². The summed E-state index contributed by atoms with van der Waals surface area (Å²) in [6.45, 7) is 3.51. The van der Waals surface area contributed by atoms with Crippen molar-refractivity contribution in [3.63, 3.8) is 0 Å². The third kappa shape index (κ3) is 4.26. The Morgan fingerprint density at radius 2 is 1.59 bits per heavy atom. The van der Waals surface area contributed by atoms with Crippen molar-refractivity contribution in [3.05, 3.63) is 82.2 Å². The molecular weight excluding hydrogens is 436 g/mol. The molecule has 1 aliphatic carbocycles. The highest BCUT2D eigenvalue weighted by Crippen LogP contribution is 2.44. The van der Waals surface area contributed by atoms with E-state index in [4.69, 9.17) is 9.47 Å². The summed E-state index contributed by atoms with van der Waals surface area (Å²) in [7, 11) is 1.26. The second-order valence-electron chi connectivity index (χ2n) is 8.28. The number of alkyl carbamates (subject to hydrolysis) is 1. The third-order valence-electron chi connectivity index (χ3n) is 6.24. The fourth-order valence-corrected chi connectivity index (χ4v) is 4.65. The minimum atomic E-state index is -1.28. The topological polar surface area (TPSA) is 118 Å². The molecule has 1 aromatic heterocycles. The molecule has 8 heteroatoms. The summed E-state index contributed by atoms with van der Waals surface area (Å²) >= 11 is 0. The molecule has 8 nitrogen and oxygen atoms in total. The van der Waals surface area contributed by atoms with Crippen molar-refractivity contribution in [2.45, 2.75) is 32.2 Å². The van der Waals surface area contributed by atoms with Crippen LogP contribution < -0.4 is 5.32 Å². The third-order valence-corrected chi connectivity index (χ3v) is 6.24. The van der Waals surface area contributed by atoms with E-state index in [1.54, 1.807) is 13.8 Å². The fourth-order valence-electron chi connectivity index (χ4n) is 4.65. The van der Waals surface area contributed by atoms with E-state index >= 15 is 0 Å². The van der Waals surface area contributed by atoms with Crippen molar-refractivity contribution in [2.24, 2.45) is 0 Å². The zero-order valence-corrected chi connectivity index (χ0v) is 19.2. The van der Waals surface area contributed by atoms with E-state index in [2.05, 4.69) is 10.3 Å². The number of esters is 1. The molecule has 0 fully saturated rings. The van der Waals surface area contributed by atoms with Crippen LogP contribution in [0.2, 0.25) is 0 Å². The highest BCUT2D eigenvalue weighted by atomic mass is 16.5. The van der Waals surface area contributed by atoms with Gasteiger partial charge in [-0.25, -0.2) is 14.4 Å². The maximum atomic E-state index is 12.6. The maximum Gasteiger partial charge on any atom is 0.407 e. The molecule has 0 bridgehead atoms. The largest absolute Gasteiger partial charge is 0.480 e. The minimum Gasteiger partial charge on any atom is -0.480 e. The Kier molecular flexibility index (Phi) is 6.40. The van der Waals surface area contributed by atoms with Crippen molar-refractivity contribution in [2.75, 3.05) is 13.7 Å². The zero-order chi connectivity index (χ0) is 24.4. The first-order chi connectivity index (χ1) is 16.3. The fraction of sp³-hybridized carbons (Fsp3) is 0.269. The molecule has 0 aliphatic heterocycles. The Labute approximate surface area is 196 Å². The van der Waals surface area contributed by atoms with Crippen molar-refractivity contribution in [3.8, 4) is 11.1 Å². The first kappa shape index (κ1) is 23.1. The van der Waals surface area contributed by atoms with Crippen LogP contribution in [0, 0.1) is 13.8 Å². The lowest BCUT2D eigenvalue weighted by Crippen LogP contribution is -2.43. The van der Waals surface area contributed by atoms with Crippen LogP contribution in [0.3, 0.4) is 0 Å². The molecule has 34 heavy (non-hydrogen) atoms. The number of ether oxygens (including phenoxy) is 2. The number of H-pyrrole nitrogens is 1. The maximum absolute atomic E-state index is 12.6. The average Bonchev–Trinajstić information content (AvgIpc) is 3.29. The zero-order valence-electron chi connectivity index (χ0n) is 19.2. The number of benzene rings is 2. The van der Waals surface area contributed by atoms with Gasteiger partial charge in [-0.15, -0.1) is 0 Å². The molecule has 3 aromatic rings. The molecule has 1 aliphatic rings. The number of aryl methyl sites for hydroxylation is 2. The average molecular weight is 463 g/mol. The Hall–Kier alpha value is -4.07. The summed E-state index contributed by atoms with van der Waals surface area (Å²) in [4.78, 5) is 39.7. The van der Waals surface area contributed by atoms with Gasteiger partial charge in [-0.2, -0.15) is 0 Å². The predicted molar refractivity (Wildman–Crippen MR) is 125 cm³/mol. The molecule has 1 unspecified atom stereocenters. The van der Waals surface area contributed by atoms with Crippen LogP contribution in [0.4, 0.5) is 4.79 Å². The van der Waals surface area contributed by atoms with Gasteiger partial charge in [0.15, 0.2) is 0 Å². The number of aliphatic carboxylic acids is 1. The van der Waals surface area contributed by atoms with E-state index in [0.717, 1.165) is 22.3 Å². The summed E-state index contributed by atoms with van der Waals surface area (Å²) in [6.07, 6.45) is -0.932. The molecule has 176 valence electrons. The van der Waals surface area contributed by atoms with Gasteiger partial charge in [0.05, 0.1) is 12.7 Å². The number of fused-ring (bicyclic) bond motifs is 3. The van der Waals surface area contributed by atoms with Crippen LogP contribution in [-0.4, -0.2) is 47.9 Å². The lowest BCUT2D eigenvalue weighted by Gasteiger charge is -2.18. The lowest BCUT2D eigenvalue weighted by molar-refractivity contribution is -0.139. The van der Waals surface area contributed by atoms with Crippen LogP contribution >= 0.6 is 0 Å². The smallest absolute Gasteiger partial charge is 0.407 e. The highest BCUT2D eigenvalue weighted by Gasteiger charge is 2.31. The van der Waals surface area contributed by atoms with Gasteiger partial charge in [0, 0.05) is 23.7 Å². The standard InChI is InChI=1S/C26H26N2O6/c1-14-20(23(15(2)27-14)25(31)33-3)12-22(24(29)30)28-26(32)34-13-21-18-10-6-4-8-16(18)17-9-5-7-11-19(17)21/h4-11,21-22,27H,12-13H2,1-3H3,(H,28,32)(H,29,30). The van der Waals surface area contributed by atoms with Crippen LogP contribution in [0.5, 0.6) is 0 Å². The highest BCUT2D eigenvalue weighted by molar-refractivity contribution is 5.93. The summed E-state index contributed by atoms with van der Waals surface area (Å²) < 4.78 is 10.3. The number of hydrogen-bond acceptors (Lipinski definition) is 5. The summed E-state index contributed by atoms with van der Waals surface area (Å²) in [5.74, 6) is -1.94. The van der Waals surface area contributed by atoms with Gasteiger partial charge in [-0.05, 0) is 41.7 Å². The van der Waals surface area contributed by atoms with Gasteiger partial charge in [-0.3, -0.25) is 0 Å². The molecule has 0 spiro atoms. The minimum absolute atomic E-state index is 0.0713. The second kappa shape index (κ2) is 9.43. The normalized spacial score (nSPS) is 13.0. The van der Waals surface area contributed by atoms with Crippen LogP contribution in [0.15, 0.2) is 48.5 Å². The van der Waals surface area contributed by atoms with Gasteiger partial charge < -0.3 is 24.9 Å². The van der Waals surface area contributed by atoms with Crippen LogP contribution in [0.25, 0.3) is 11.1 Å². The number of aromatic amines is 1. The summed E-state index contributed by atoms with van der Waals surface area (Å²) in [5, 5.41) is 12.1. The Morgan fingerprint density at radius 1 is 1.00 bits per heavy atom. The lowest BCUT2D eigenvalue weighted by atomic mass is 9.98. The quantitative estimate of drug-likeness (QED) is 0.458. The number of methoxy groups -OCH3 is 1. The Balaban J connectivity index is 1.47. The number of hydrogen-bond donors (Lipinski definition) is 3. The van der Waals surface area contributed by atoms with Crippen LogP contribution in [0.1, 0.15) is 44.4 Å². The van der Waals surface area contributed by atoms with E-state index < -0.39 is 24.1 Å². The number of amides is 1. The number of rotatable bonds is 7. The Morgan fingerprint density at radius 3 is 2.15 bits per heavy atom. The first-order valence-corrected chi connectivity index (χ1v) is 10.9. The van der Waals surface area contributed by atoms with Gasteiger partial charge >= 0.3 is 18.0 Å². The molecule has 1 atom stereocenters. The molecular formula is C26H26N2O6. The van der Waals surface area contributed by atoms with Crippen molar-refractivity contribution in [1.82, 2.24) is 10.3 Å². The van der Waals surface area contributed by atoms with Gasteiger partial charge in [0.2, 0.25) is 0 Å². The predicted octanol–water partition coefficient (Wildman–Crippen LogP) is 3.95. The molecule has 0 radical (unpaired) electrons. The molecule has 3 N–H and O–H groups in total. The number of aromatic nitrogens is 1. The van der Waals surface area contributed by atoms with Crippen molar-refractivity contribution >= 4 is 18.0 Å². The van der Waals surface area contributed by atoms with E-state index in [-0.39, 0.29) is 24.5 Å². The number of carbonyl (C=O) groups excluding carboxylic acids is 2.